The maximum atomic E-state index is 5.97. The molecule has 0 unspecified atom stereocenters. The van der Waals surface area contributed by atoms with E-state index in [1.54, 1.807) is 0 Å². The second kappa shape index (κ2) is 6.36. The van der Waals surface area contributed by atoms with Crippen molar-refractivity contribution in [2.45, 2.75) is 18.8 Å². The topological polar surface area (TPSA) is 55.1 Å². The van der Waals surface area contributed by atoms with Crippen molar-refractivity contribution in [3.8, 4) is 0 Å². The minimum atomic E-state index is 0.369. The van der Waals surface area contributed by atoms with E-state index in [1.165, 1.54) is 0 Å². The van der Waals surface area contributed by atoms with Crippen LogP contribution in [0, 0.1) is 0 Å². The summed E-state index contributed by atoms with van der Waals surface area (Å²) in [5, 5.41) is 0. The summed E-state index contributed by atoms with van der Waals surface area (Å²) >= 11 is 3.47. The largest absolute Gasteiger partial charge is 0.440 e. The van der Waals surface area contributed by atoms with Gasteiger partial charge in [0.15, 0.2) is 11.5 Å². The van der Waals surface area contributed by atoms with Gasteiger partial charge in [0.1, 0.15) is 11.0 Å². The number of nitrogens with zero attached hydrogens (tertiary/aromatic N) is 4. The predicted molar refractivity (Wildman–Crippen MR) is 105 cm³/mol. The van der Waals surface area contributed by atoms with E-state index in [0.29, 0.717) is 5.92 Å². The Morgan fingerprint density at radius 3 is 2.73 bits per heavy atom. The molecule has 5 rings (SSSR count). The van der Waals surface area contributed by atoms with E-state index in [-0.39, 0.29) is 0 Å². The smallest absolute Gasteiger partial charge is 0.198 e. The minimum absolute atomic E-state index is 0.369. The lowest BCUT2D eigenvalue weighted by atomic mass is 9.96. The van der Waals surface area contributed by atoms with Crippen molar-refractivity contribution in [1.29, 1.82) is 0 Å². The summed E-state index contributed by atoms with van der Waals surface area (Å²) in [6, 6.07) is 12.0. The lowest BCUT2D eigenvalue weighted by Gasteiger charge is -2.32. The third-order valence-electron chi connectivity index (χ3n) is 5.02. The maximum absolute atomic E-state index is 5.97. The molecular weight excluding hydrogens is 392 g/mol. The molecule has 1 aromatic carbocycles. The van der Waals surface area contributed by atoms with Gasteiger partial charge in [-0.1, -0.05) is 12.1 Å². The molecule has 1 saturated heterocycles. The average molecular weight is 409 g/mol. The van der Waals surface area contributed by atoms with Crippen molar-refractivity contribution >= 4 is 43.8 Å². The van der Waals surface area contributed by atoms with Crippen LogP contribution in [0.5, 0.6) is 0 Å². The van der Waals surface area contributed by atoms with Crippen LogP contribution in [0.4, 0.5) is 5.69 Å². The highest BCUT2D eigenvalue weighted by molar-refractivity contribution is 9.10. The average Bonchev–Trinajstić information content (AvgIpc) is 3.12. The lowest BCUT2D eigenvalue weighted by Crippen LogP contribution is -2.33. The summed E-state index contributed by atoms with van der Waals surface area (Å²) < 4.78 is 6.92. The van der Waals surface area contributed by atoms with Crippen LogP contribution in [-0.4, -0.2) is 28.0 Å². The minimum Gasteiger partial charge on any atom is -0.440 e. The number of hydrogen-bond acceptors (Lipinski definition) is 5. The van der Waals surface area contributed by atoms with Crippen LogP contribution in [0.3, 0.4) is 0 Å². The Labute approximate surface area is 159 Å². The third kappa shape index (κ3) is 2.74. The summed E-state index contributed by atoms with van der Waals surface area (Å²) in [6.07, 6.45) is 5.73. The molecule has 0 N–H and O–H groups in total. The van der Waals surface area contributed by atoms with Gasteiger partial charge in [0.25, 0.3) is 0 Å². The fourth-order valence-corrected chi connectivity index (χ4v) is 4.00. The van der Waals surface area contributed by atoms with E-state index in [9.17, 15) is 0 Å². The molecule has 0 atom stereocenters. The number of para-hydroxylation sites is 2. The molecule has 0 bridgehead atoms. The number of aromatic nitrogens is 3. The molecular formula is C20H17BrN4O. The van der Waals surface area contributed by atoms with Gasteiger partial charge >= 0.3 is 0 Å². The number of pyridine rings is 2. The first-order valence-electron chi connectivity index (χ1n) is 8.78. The monoisotopic (exact) mass is 408 g/mol. The van der Waals surface area contributed by atoms with Crippen LogP contribution in [0.2, 0.25) is 0 Å². The first kappa shape index (κ1) is 15.8. The Morgan fingerprint density at radius 1 is 1.04 bits per heavy atom. The molecule has 0 amide bonds. The highest BCUT2D eigenvalue weighted by Crippen LogP contribution is 2.33. The number of hydrogen-bond donors (Lipinski definition) is 0. The lowest BCUT2D eigenvalue weighted by molar-refractivity contribution is 0.407. The van der Waals surface area contributed by atoms with Crippen LogP contribution < -0.4 is 4.90 Å². The second-order valence-corrected chi connectivity index (χ2v) is 7.55. The van der Waals surface area contributed by atoms with Gasteiger partial charge in [-0.15, -0.1) is 0 Å². The van der Waals surface area contributed by atoms with Crippen LogP contribution >= 0.6 is 15.9 Å². The van der Waals surface area contributed by atoms with E-state index in [1.807, 2.05) is 42.7 Å². The van der Waals surface area contributed by atoms with E-state index >= 15 is 0 Å². The van der Waals surface area contributed by atoms with Gasteiger partial charge in [0.05, 0.1) is 11.2 Å². The van der Waals surface area contributed by atoms with Gasteiger partial charge in [0.2, 0.25) is 0 Å². The van der Waals surface area contributed by atoms with Gasteiger partial charge in [-0.05, 0) is 53.0 Å². The quantitative estimate of drug-likeness (QED) is 0.471. The molecule has 1 fully saturated rings. The number of fused-ring (bicyclic) bond motifs is 2. The normalized spacial score (nSPS) is 15.8. The van der Waals surface area contributed by atoms with Crippen molar-refractivity contribution in [3.05, 3.63) is 59.2 Å². The molecule has 5 nitrogen and oxygen atoms in total. The van der Waals surface area contributed by atoms with Crippen molar-refractivity contribution < 1.29 is 4.42 Å². The Balaban J connectivity index is 1.39. The summed E-state index contributed by atoms with van der Waals surface area (Å²) in [4.78, 5) is 16.1. The SMILES string of the molecule is Brc1cnc2c(N3CCC(c4nc5ccccc5o4)CC3)ccnc2c1. The molecule has 3 aromatic heterocycles. The third-order valence-corrected chi connectivity index (χ3v) is 5.45. The van der Waals surface area contributed by atoms with Crippen LogP contribution in [0.15, 0.2) is 57.7 Å². The Hall–Kier alpha value is -2.47. The zero-order valence-electron chi connectivity index (χ0n) is 14.1. The molecule has 6 heteroatoms. The highest BCUT2D eigenvalue weighted by Gasteiger charge is 2.25. The van der Waals surface area contributed by atoms with Crippen molar-refractivity contribution in [3.63, 3.8) is 0 Å². The Morgan fingerprint density at radius 2 is 1.88 bits per heavy atom. The zero-order valence-corrected chi connectivity index (χ0v) is 15.7. The van der Waals surface area contributed by atoms with Gasteiger partial charge < -0.3 is 9.32 Å². The van der Waals surface area contributed by atoms with E-state index in [0.717, 1.165) is 64.1 Å². The van der Waals surface area contributed by atoms with Gasteiger partial charge in [-0.2, -0.15) is 0 Å². The summed E-state index contributed by atoms with van der Waals surface area (Å²) in [7, 11) is 0. The van der Waals surface area contributed by atoms with E-state index in [2.05, 4.69) is 41.8 Å². The highest BCUT2D eigenvalue weighted by atomic mass is 79.9. The predicted octanol–water partition coefficient (Wildman–Crippen LogP) is 4.92. The fraction of sp³-hybridized carbons (Fsp3) is 0.250. The first-order valence-corrected chi connectivity index (χ1v) is 9.58. The number of oxazole rings is 1. The molecule has 1 aliphatic rings. The molecule has 26 heavy (non-hydrogen) atoms. The zero-order chi connectivity index (χ0) is 17.5. The van der Waals surface area contributed by atoms with Crippen molar-refractivity contribution in [1.82, 2.24) is 15.0 Å². The standard InChI is InChI=1S/C20H17BrN4O/c21-14-11-16-19(23-12-14)17(5-8-22-16)25-9-6-13(7-10-25)20-24-15-3-1-2-4-18(15)26-20/h1-5,8,11-13H,6-7,9-10H2. The molecule has 0 aliphatic carbocycles. The number of halogens is 1. The van der Waals surface area contributed by atoms with Crippen LogP contribution in [0.25, 0.3) is 22.1 Å². The number of anilines is 1. The van der Waals surface area contributed by atoms with Crippen LogP contribution in [-0.2, 0) is 0 Å². The number of benzene rings is 1. The van der Waals surface area contributed by atoms with Gasteiger partial charge in [-0.25, -0.2) is 4.98 Å². The van der Waals surface area contributed by atoms with Crippen LogP contribution in [0.1, 0.15) is 24.7 Å². The van der Waals surface area contributed by atoms with E-state index < -0.39 is 0 Å². The Kier molecular flexibility index (Phi) is 3.85. The first-order chi connectivity index (χ1) is 12.8. The molecule has 130 valence electrons. The number of rotatable bonds is 2. The number of piperidine rings is 1. The van der Waals surface area contributed by atoms with E-state index in [4.69, 9.17) is 4.42 Å². The van der Waals surface area contributed by atoms with Crippen molar-refractivity contribution in [2.24, 2.45) is 0 Å². The molecule has 4 aromatic rings. The summed E-state index contributed by atoms with van der Waals surface area (Å²) in [6.45, 7) is 1.92. The molecule has 0 saturated carbocycles. The molecule has 4 heterocycles. The van der Waals surface area contributed by atoms with Crippen molar-refractivity contribution in [2.75, 3.05) is 18.0 Å². The maximum Gasteiger partial charge on any atom is 0.198 e. The fourth-order valence-electron chi connectivity index (χ4n) is 3.68. The second-order valence-electron chi connectivity index (χ2n) is 6.63. The Bertz CT molecular complexity index is 1050. The molecule has 0 radical (unpaired) electrons. The molecule has 1 aliphatic heterocycles. The summed E-state index contributed by atoms with van der Waals surface area (Å²) in [5.74, 6) is 1.24. The van der Waals surface area contributed by atoms with Gasteiger partial charge in [0, 0.05) is 35.9 Å². The summed E-state index contributed by atoms with van der Waals surface area (Å²) in [5.41, 5.74) is 4.84. The van der Waals surface area contributed by atoms with Gasteiger partial charge in [-0.3, -0.25) is 9.97 Å². The molecule has 0 spiro atoms.